The number of benzene rings is 6. The smallest absolute Gasteiger partial charge is 0.296 e. The van der Waals surface area contributed by atoms with Crippen LogP contribution in [0.25, 0.3) is 22.9 Å². The molecule has 0 aliphatic rings. The number of nitrogens with zero attached hydrogens (tertiary/aromatic N) is 6. The van der Waals surface area contributed by atoms with Gasteiger partial charge in [0.25, 0.3) is 40.5 Å². The van der Waals surface area contributed by atoms with Gasteiger partial charge in [0.15, 0.2) is 5.75 Å². The fourth-order valence-corrected chi connectivity index (χ4v) is 8.40. The molecule has 0 heterocycles. The van der Waals surface area contributed by atoms with Crippen molar-refractivity contribution in [3.63, 3.8) is 0 Å². The molecule has 6 rings (SSSR count). The van der Waals surface area contributed by atoms with Crippen LogP contribution in [0.15, 0.2) is 147 Å². The molecular formula is C36H29N9O13S4. The third-order valence-electron chi connectivity index (χ3n) is 8.47. The van der Waals surface area contributed by atoms with E-state index in [9.17, 15) is 57.0 Å². The number of rotatable bonds is 12. The number of fused-ring (bicyclic) bond motifs is 1. The summed E-state index contributed by atoms with van der Waals surface area (Å²) in [5.74, 6) is -1.02. The van der Waals surface area contributed by atoms with Gasteiger partial charge >= 0.3 is 0 Å². The fourth-order valence-electron chi connectivity index (χ4n) is 5.66. The van der Waals surface area contributed by atoms with Crippen molar-refractivity contribution in [1.82, 2.24) is 0 Å². The first kappa shape index (κ1) is 44.5. The van der Waals surface area contributed by atoms with Crippen molar-refractivity contribution in [3.05, 3.63) is 108 Å². The summed E-state index contributed by atoms with van der Waals surface area (Å²) in [6.45, 7) is 0. The molecule has 0 aliphatic heterocycles. The maximum absolute atomic E-state index is 12.5. The molecule has 0 saturated heterocycles. The van der Waals surface area contributed by atoms with Crippen LogP contribution in [0, 0.1) is 0 Å². The lowest BCUT2D eigenvalue weighted by atomic mass is 10.1. The Balaban J connectivity index is 1.41. The number of hydrogen-bond donors (Lipinski definition) is 8. The van der Waals surface area contributed by atoms with Crippen LogP contribution in [0.1, 0.15) is 11.1 Å². The average Bonchev–Trinajstić information content (AvgIpc) is 3.18. The van der Waals surface area contributed by atoms with Crippen molar-refractivity contribution in [1.29, 1.82) is 0 Å². The second-order valence-corrected chi connectivity index (χ2v) is 18.3. The minimum absolute atomic E-state index is 0.0318. The van der Waals surface area contributed by atoms with Crippen molar-refractivity contribution in [2.45, 2.75) is 19.6 Å². The summed E-state index contributed by atoms with van der Waals surface area (Å²) in [7, 11) is -20.5. The third-order valence-corrected chi connectivity index (χ3v) is 12.0. The van der Waals surface area contributed by atoms with Crippen LogP contribution in [0.2, 0.25) is 0 Å². The Morgan fingerprint density at radius 1 is 0.468 bits per heavy atom. The lowest BCUT2D eigenvalue weighted by molar-refractivity contribution is 0.472. The Morgan fingerprint density at radius 2 is 0.935 bits per heavy atom. The Hall–Kier alpha value is -7.04. The highest BCUT2D eigenvalue weighted by atomic mass is 32.2. The zero-order valence-electron chi connectivity index (χ0n) is 30.9. The largest absolute Gasteiger partial charge is 0.505 e. The van der Waals surface area contributed by atoms with E-state index >= 15 is 0 Å². The van der Waals surface area contributed by atoms with Gasteiger partial charge in [0, 0.05) is 5.69 Å². The second-order valence-electron chi connectivity index (χ2n) is 12.7. The molecule has 0 aliphatic carbocycles. The summed E-state index contributed by atoms with van der Waals surface area (Å²) < 4.78 is 140. The Labute approximate surface area is 351 Å². The standard InChI is InChI=1S/C36H29N9O13S4/c37-22-10-13-27(26(38)16-22)43-41-24-11-8-19(28(17-24)59(47,48)49)6-7-20-9-12-25(18-29(20)60(50,51)52)42-44-34-30(61(53,54)55)14-21-15-31(62(56,57)58)35(36(46)32(21)33(34)39)45-40-23-4-2-1-3-5-23/h1-18,46H,37-39H2,(H,47,48,49)(H,50,51,52)(H,53,54,55)(H,56,57,58). The number of phenols is 1. The minimum atomic E-state index is -5.27. The summed E-state index contributed by atoms with van der Waals surface area (Å²) in [5, 5.41) is 33.4. The highest BCUT2D eigenvalue weighted by Gasteiger charge is 2.28. The minimum Gasteiger partial charge on any atom is -0.505 e. The predicted molar refractivity (Wildman–Crippen MR) is 225 cm³/mol. The summed E-state index contributed by atoms with van der Waals surface area (Å²) in [4.78, 5) is -3.58. The van der Waals surface area contributed by atoms with Gasteiger partial charge in [-0.1, -0.05) is 42.5 Å². The van der Waals surface area contributed by atoms with Crippen LogP contribution in [-0.2, 0) is 40.5 Å². The monoisotopic (exact) mass is 923 g/mol. The number of aromatic hydroxyl groups is 1. The van der Waals surface area contributed by atoms with Gasteiger partial charge in [-0.3, -0.25) is 18.2 Å². The molecule has 6 aromatic carbocycles. The molecule has 320 valence electrons. The van der Waals surface area contributed by atoms with Crippen LogP contribution in [0.5, 0.6) is 5.75 Å². The maximum atomic E-state index is 12.5. The first-order valence-corrected chi connectivity index (χ1v) is 22.6. The molecule has 11 N–H and O–H groups in total. The van der Waals surface area contributed by atoms with Crippen LogP contribution >= 0.6 is 0 Å². The molecule has 22 nitrogen and oxygen atoms in total. The lowest BCUT2D eigenvalue weighted by Crippen LogP contribution is -2.03. The molecule has 6 aromatic rings. The topological polar surface area (TPSA) is 390 Å². The van der Waals surface area contributed by atoms with Crippen molar-refractivity contribution in [2.24, 2.45) is 30.7 Å². The Kier molecular flexibility index (Phi) is 12.0. The quantitative estimate of drug-likeness (QED) is 0.0252. The number of azo groups is 3. The van der Waals surface area contributed by atoms with Gasteiger partial charge in [-0.05, 0) is 83.2 Å². The number of phenolic OH excluding ortho intramolecular Hbond substituents is 1. The number of hydrogen-bond acceptors (Lipinski definition) is 18. The van der Waals surface area contributed by atoms with Gasteiger partial charge in [0.05, 0.1) is 33.8 Å². The average molecular weight is 924 g/mol. The second kappa shape index (κ2) is 16.8. The van der Waals surface area contributed by atoms with Crippen LogP contribution in [0.3, 0.4) is 0 Å². The van der Waals surface area contributed by atoms with Gasteiger partial charge in [-0.25, -0.2) is 0 Å². The summed E-state index contributed by atoms with van der Waals surface area (Å²) in [5.41, 5.74) is 15.5. The van der Waals surface area contributed by atoms with Crippen molar-refractivity contribution < 1.29 is 57.0 Å². The van der Waals surface area contributed by atoms with Gasteiger partial charge < -0.3 is 22.3 Å². The molecule has 0 amide bonds. The van der Waals surface area contributed by atoms with E-state index < -0.39 is 93.6 Å². The predicted octanol–water partition coefficient (Wildman–Crippen LogP) is 7.70. The van der Waals surface area contributed by atoms with Gasteiger partial charge in [-0.2, -0.15) is 49.0 Å². The van der Waals surface area contributed by atoms with Crippen molar-refractivity contribution >= 4 is 115 Å². The van der Waals surface area contributed by atoms with Crippen LogP contribution in [-0.4, -0.2) is 57.0 Å². The summed E-state index contributed by atoms with van der Waals surface area (Å²) in [6.07, 6.45) is 2.16. The molecule has 0 fully saturated rings. The first-order chi connectivity index (χ1) is 28.9. The SMILES string of the molecule is Nc1ccc(N=Nc2ccc(C=Cc3ccc(N=Nc4c(S(=O)(=O)O)cc5cc(S(=O)(=O)O)c(N=Nc6ccccc6)c(O)c5c4N)cc3S(=O)(=O)O)c(S(=O)(=O)O)c2)c(N)c1. The van der Waals surface area contributed by atoms with Gasteiger partial charge in [0.1, 0.15) is 36.6 Å². The zero-order chi connectivity index (χ0) is 45.4. The molecular weight excluding hydrogens is 895 g/mol. The normalized spacial score (nSPS) is 13.0. The molecule has 0 unspecified atom stereocenters. The fraction of sp³-hybridized carbons (Fsp3) is 0. The van der Waals surface area contributed by atoms with E-state index in [1.807, 2.05) is 0 Å². The Bertz CT molecular complexity index is 3400. The van der Waals surface area contributed by atoms with Gasteiger partial charge in [0.2, 0.25) is 0 Å². The molecule has 0 bridgehead atoms. The molecule has 0 radical (unpaired) electrons. The van der Waals surface area contributed by atoms with Crippen LogP contribution in [0.4, 0.5) is 51.2 Å². The van der Waals surface area contributed by atoms with Crippen molar-refractivity contribution in [2.75, 3.05) is 17.2 Å². The van der Waals surface area contributed by atoms with Crippen LogP contribution < -0.4 is 17.2 Å². The molecule has 0 atom stereocenters. The summed E-state index contributed by atoms with van der Waals surface area (Å²) >= 11 is 0. The highest BCUT2D eigenvalue weighted by molar-refractivity contribution is 7.86. The summed E-state index contributed by atoms with van der Waals surface area (Å²) in [6, 6.07) is 20.0. The Morgan fingerprint density at radius 3 is 1.44 bits per heavy atom. The number of nitrogens with two attached hydrogens (primary N) is 3. The molecule has 62 heavy (non-hydrogen) atoms. The van der Waals surface area contributed by atoms with E-state index in [1.165, 1.54) is 42.5 Å². The lowest BCUT2D eigenvalue weighted by Gasteiger charge is -2.14. The molecule has 0 saturated carbocycles. The van der Waals surface area contributed by atoms with Crippen molar-refractivity contribution in [3.8, 4) is 5.75 Å². The van der Waals surface area contributed by atoms with E-state index in [2.05, 4.69) is 30.7 Å². The van der Waals surface area contributed by atoms with E-state index in [0.717, 1.165) is 36.4 Å². The van der Waals surface area contributed by atoms with E-state index in [4.69, 9.17) is 17.2 Å². The molecule has 0 spiro atoms. The number of nitrogen functional groups attached to an aromatic ring is 3. The molecule has 0 aromatic heterocycles. The highest BCUT2D eigenvalue weighted by Crippen LogP contribution is 2.48. The van der Waals surface area contributed by atoms with E-state index in [0.29, 0.717) is 17.8 Å². The zero-order valence-corrected chi connectivity index (χ0v) is 34.2. The first-order valence-electron chi connectivity index (χ1n) is 16.9. The molecule has 26 heteroatoms. The third kappa shape index (κ3) is 9.94. The number of anilines is 3. The van der Waals surface area contributed by atoms with E-state index in [1.54, 1.807) is 18.2 Å². The van der Waals surface area contributed by atoms with Gasteiger partial charge in [-0.15, -0.1) is 15.3 Å². The van der Waals surface area contributed by atoms with E-state index in [-0.39, 0.29) is 39.6 Å². The maximum Gasteiger partial charge on any atom is 0.296 e.